The summed E-state index contributed by atoms with van der Waals surface area (Å²) in [6, 6.07) is 1.61. The number of nitrogens with zero attached hydrogens (tertiary/aromatic N) is 2. The van der Waals surface area contributed by atoms with Gasteiger partial charge in [-0.25, -0.2) is 0 Å². The zero-order valence-corrected chi connectivity index (χ0v) is 4.74. The molecule has 1 amide bonds. The predicted molar refractivity (Wildman–Crippen MR) is 30.3 cm³/mol. The number of carbonyl (C=O) groups is 1. The quantitative estimate of drug-likeness (QED) is 0.559. The Bertz CT molecular complexity index is 192. The van der Waals surface area contributed by atoms with Gasteiger partial charge >= 0.3 is 0 Å². The van der Waals surface area contributed by atoms with Gasteiger partial charge in [-0.05, 0) is 6.07 Å². The topological polar surface area (TPSA) is 60.9 Å². The van der Waals surface area contributed by atoms with Gasteiger partial charge in [0.2, 0.25) is 5.91 Å². The van der Waals surface area contributed by atoms with E-state index in [1.54, 1.807) is 12.3 Å². The molecule has 0 fully saturated rings. The van der Waals surface area contributed by atoms with Gasteiger partial charge in [0.25, 0.3) is 0 Å². The van der Waals surface area contributed by atoms with Crippen molar-refractivity contribution >= 4 is 5.91 Å². The number of amides is 1. The first-order chi connectivity index (χ1) is 4.29. The standard InChI is InChI=1S/C5H6N3O/c6-5(9)4-8-3-1-2-7-8/h1,3H,4H2,(H2,6,9). The van der Waals surface area contributed by atoms with Gasteiger partial charge < -0.3 is 5.73 Å². The van der Waals surface area contributed by atoms with Crippen molar-refractivity contribution in [3.63, 3.8) is 0 Å². The lowest BCUT2D eigenvalue weighted by Gasteiger charge is -1.92. The number of primary amides is 1. The summed E-state index contributed by atoms with van der Waals surface area (Å²) >= 11 is 0. The maximum Gasteiger partial charge on any atom is 0.239 e. The maximum absolute atomic E-state index is 10.2. The van der Waals surface area contributed by atoms with Crippen LogP contribution in [0.25, 0.3) is 0 Å². The van der Waals surface area contributed by atoms with Crippen molar-refractivity contribution in [2.45, 2.75) is 6.54 Å². The summed E-state index contributed by atoms with van der Waals surface area (Å²) in [7, 11) is 0. The van der Waals surface area contributed by atoms with Gasteiger partial charge in [-0.3, -0.25) is 9.48 Å². The molecule has 4 nitrogen and oxygen atoms in total. The van der Waals surface area contributed by atoms with E-state index in [1.807, 2.05) is 0 Å². The largest absolute Gasteiger partial charge is 0.368 e. The third-order valence-corrected chi connectivity index (χ3v) is 0.825. The van der Waals surface area contributed by atoms with Crippen molar-refractivity contribution in [2.75, 3.05) is 0 Å². The molecule has 1 aromatic rings. The van der Waals surface area contributed by atoms with E-state index in [0.29, 0.717) is 0 Å². The molecule has 9 heavy (non-hydrogen) atoms. The molecule has 0 aliphatic rings. The van der Waals surface area contributed by atoms with E-state index in [0.717, 1.165) is 0 Å². The molecule has 0 spiro atoms. The summed E-state index contributed by atoms with van der Waals surface area (Å²) in [6.07, 6.45) is 4.17. The molecule has 1 aromatic heterocycles. The summed E-state index contributed by atoms with van der Waals surface area (Å²) in [6.45, 7) is 0.128. The molecule has 0 saturated carbocycles. The molecule has 1 radical (unpaired) electrons. The number of aromatic nitrogens is 2. The summed E-state index contributed by atoms with van der Waals surface area (Å²) in [5.74, 6) is -0.396. The van der Waals surface area contributed by atoms with E-state index in [-0.39, 0.29) is 6.54 Å². The van der Waals surface area contributed by atoms with Gasteiger partial charge in [-0.15, -0.1) is 0 Å². The Kier molecular flexibility index (Phi) is 1.48. The number of nitrogens with two attached hydrogens (primary N) is 1. The molecular formula is C5H6N3O. The highest BCUT2D eigenvalue weighted by molar-refractivity contribution is 5.73. The fourth-order valence-electron chi connectivity index (χ4n) is 0.508. The van der Waals surface area contributed by atoms with Crippen LogP contribution in [0.5, 0.6) is 0 Å². The van der Waals surface area contributed by atoms with Crippen molar-refractivity contribution in [1.82, 2.24) is 9.78 Å². The fourth-order valence-corrected chi connectivity index (χ4v) is 0.508. The van der Waals surface area contributed by atoms with Crippen molar-refractivity contribution in [1.29, 1.82) is 0 Å². The number of rotatable bonds is 2. The second kappa shape index (κ2) is 2.30. The highest BCUT2D eigenvalue weighted by atomic mass is 16.1. The minimum atomic E-state index is -0.396. The molecule has 0 aliphatic heterocycles. The minimum absolute atomic E-state index is 0.128. The number of carbonyl (C=O) groups excluding carboxylic acids is 1. The summed E-state index contributed by atoms with van der Waals surface area (Å²) in [5, 5.41) is 3.65. The number of hydrogen-bond acceptors (Lipinski definition) is 2. The minimum Gasteiger partial charge on any atom is -0.368 e. The predicted octanol–water partition coefficient (Wildman–Crippen LogP) is -0.831. The molecule has 2 N–H and O–H groups in total. The van der Waals surface area contributed by atoms with Crippen LogP contribution in [-0.2, 0) is 11.3 Å². The molecule has 1 rings (SSSR count). The van der Waals surface area contributed by atoms with Crippen molar-refractivity contribution in [3.05, 3.63) is 18.5 Å². The Morgan fingerprint density at radius 2 is 2.67 bits per heavy atom. The Morgan fingerprint density at radius 1 is 1.89 bits per heavy atom. The van der Waals surface area contributed by atoms with E-state index in [1.165, 1.54) is 4.68 Å². The molecule has 0 atom stereocenters. The molecule has 4 heteroatoms. The first-order valence-electron chi connectivity index (χ1n) is 2.47. The van der Waals surface area contributed by atoms with Gasteiger partial charge in [-0.1, -0.05) is 0 Å². The Balaban J connectivity index is 2.58. The van der Waals surface area contributed by atoms with Crippen LogP contribution in [0.15, 0.2) is 12.3 Å². The summed E-state index contributed by atoms with van der Waals surface area (Å²) in [4.78, 5) is 10.2. The molecule has 47 valence electrons. The molecular weight excluding hydrogens is 118 g/mol. The third-order valence-electron chi connectivity index (χ3n) is 0.825. The lowest BCUT2D eigenvalue weighted by atomic mass is 10.6. The van der Waals surface area contributed by atoms with Gasteiger partial charge in [-0.2, -0.15) is 5.10 Å². The van der Waals surface area contributed by atoms with E-state index in [9.17, 15) is 4.79 Å². The van der Waals surface area contributed by atoms with Gasteiger partial charge in [0, 0.05) is 6.20 Å². The smallest absolute Gasteiger partial charge is 0.239 e. The van der Waals surface area contributed by atoms with Crippen LogP contribution in [0.4, 0.5) is 0 Å². The van der Waals surface area contributed by atoms with Crippen LogP contribution in [0, 0.1) is 6.20 Å². The zero-order valence-electron chi connectivity index (χ0n) is 4.74. The lowest BCUT2D eigenvalue weighted by Crippen LogP contribution is -2.18. The van der Waals surface area contributed by atoms with E-state index in [2.05, 4.69) is 11.3 Å². The van der Waals surface area contributed by atoms with Gasteiger partial charge in [0.15, 0.2) is 0 Å². The van der Waals surface area contributed by atoms with Crippen LogP contribution in [0.2, 0.25) is 0 Å². The van der Waals surface area contributed by atoms with Gasteiger partial charge in [0.05, 0.1) is 0 Å². The highest BCUT2D eigenvalue weighted by Gasteiger charge is 1.93. The van der Waals surface area contributed by atoms with Crippen LogP contribution < -0.4 is 5.73 Å². The van der Waals surface area contributed by atoms with Gasteiger partial charge in [0.1, 0.15) is 12.7 Å². The molecule has 1 heterocycles. The zero-order chi connectivity index (χ0) is 6.69. The Morgan fingerprint density at radius 3 is 3.11 bits per heavy atom. The Labute approximate surface area is 52.3 Å². The maximum atomic E-state index is 10.2. The van der Waals surface area contributed by atoms with E-state index in [4.69, 9.17) is 5.73 Å². The second-order valence-electron chi connectivity index (χ2n) is 1.61. The normalized spacial score (nSPS) is 9.33. The van der Waals surface area contributed by atoms with Crippen LogP contribution in [0.3, 0.4) is 0 Å². The van der Waals surface area contributed by atoms with Crippen LogP contribution >= 0.6 is 0 Å². The Hall–Kier alpha value is -1.32. The highest BCUT2D eigenvalue weighted by Crippen LogP contribution is 1.80. The third kappa shape index (κ3) is 1.56. The lowest BCUT2D eigenvalue weighted by molar-refractivity contribution is -0.118. The first kappa shape index (κ1) is 5.81. The van der Waals surface area contributed by atoms with E-state index >= 15 is 0 Å². The monoisotopic (exact) mass is 124 g/mol. The molecule has 0 bridgehead atoms. The summed E-state index contributed by atoms with van der Waals surface area (Å²) < 4.78 is 1.42. The number of hydrogen-bond donors (Lipinski definition) is 1. The molecule has 0 saturated heterocycles. The van der Waals surface area contributed by atoms with Crippen LogP contribution in [0.1, 0.15) is 0 Å². The molecule has 0 aliphatic carbocycles. The van der Waals surface area contributed by atoms with E-state index < -0.39 is 5.91 Å². The average molecular weight is 124 g/mol. The average Bonchev–Trinajstić information content (AvgIpc) is 2.15. The summed E-state index contributed by atoms with van der Waals surface area (Å²) in [5.41, 5.74) is 4.87. The van der Waals surface area contributed by atoms with Crippen molar-refractivity contribution < 1.29 is 4.79 Å². The van der Waals surface area contributed by atoms with Crippen molar-refractivity contribution in [2.24, 2.45) is 5.73 Å². The molecule has 0 aromatic carbocycles. The molecule has 0 unspecified atom stereocenters. The van der Waals surface area contributed by atoms with Crippen LogP contribution in [-0.4, -0.2) is 15.7 Å². The fraction of sp³-hybridized carbons (Fsp3) is 0.200. The first-order valence-corrected chi connectivity index (χ1v) is 2.47. The SMILES string of the molecule is NC(=O)Cn1cc[c]n1. The second-order valence-corrected chi connectivity index (χ2v) is 1.61. The van der Waals surface area contributed by atoms with Crippen molar-refractivity contribution in [3.8, 4) is 0 Å².